The van der Waals surface area contributed by atoms with E-state index >= 15 is 0 Å². The maximum atomic E-state index is 13.8. The molecule has 0 saturated carbocycles. The molecule has 4 heterocycles. The van der Waals surface area contributed by atoms with Crippen LogP contribution < -0.4 is 10.9 Å². The second kappa shape index (κ2) is 10.2. The summed E-state index contributed by atoms with van der Waals surface area (Å²) < 4.78 is 5.53. The number of aromatic nitrogens is 2. The molecule has 1 aromatic carbocycles. The van der Waals surface area contributed by atoms with Crippen molar-refractivity contribution in [3.63, 3.8) is 0 Å². The van der Waals surface area contributed by atoms with Gasteiger partial charge in [0.25, 0.3) is 5.91 Å². The molecule has 2 amide bonds. The molecule has 3 aromatic rings. The zero-order valence-corrected chi connectivity index (χ0v) is 22.1. The second-order valence-corrected chi connectivity index (χ2v) is 10.6. The van der Waals surface area contributed by atoms with E-state index in [9.17, 15) is 14.7 Å². The number of amidine groups is 1. The number of rotatable bonds is 7. The lowest BCUT2D eigenvalue weighted by Gasteiger charge is -2.31. The number of carbonyl (C=O) groups excluding carboxylic acids is 2. The van der Waals surface area contributed by atoms with Crippen molar-refractivity contribution in [3.8, 4) is 11.1 Å². The van der Waals surface area contributed by atoms with Crippen LogP contribution in [-0.2, 0) is 15.1 Å². The van der Waals surface area contributed by atoms with Gasteiger partial charge in [0, 0.05) is 31.0 Å². The summed E-state index contributed by atoms with van der Waals surface area (Å²) in [6.45, 7) is 5.87. The minimum absolute atomic E-state index is 0.0535. The first-order chi connectivity index (χ1) is 18.2. The average molecular weight is 511 g/mol. The van der Waals surface area contributed by atoms with Crippen molar-refractivity contribution in [1.29, 1.82) is 0 Å². The van der Waals surface area contributed by atoms with Crippen LogP contribution in [0.4, 0.5) is 0 Å². The molecule has 2 aliphatic heterocycles. The van der Waals surface area contributed by atoms with Crippen molar-refractivity contribution < 1.29 is 19.2 Å². The van der Waals surface area contributed by atoms with Crippen LogP contribution in [0.1, 0.15) is 44.4 Å². The number of amides is 2. The van der Waals surface area contributed by atoms with Crippen molar-refractivity contribution >= 4 is 38.2 Å². The van der Waals surface area contributed by atoms with Gasteiger partial charge in [-0.05, 0) is 41.7 Å². The summed E-state index contributed by atoms with van der Waals surface area (Å²) in [7, 11) is 2.68. The monoisotopic (exact) mass is 511 g/mol. The number of hydrogen-bond acceptors (Lipinski definition) is 7. The predicted molar refractivity (Wildman–Crippen MR) is 148 cm³/mol. The molecule has 0 aliphatic carbocycles. The Morgan fingerprint density at radius 2 is 2.03 bits per heavy atom. The molecule has 0 spiro atoms. The van der Waals surface area contributed by atoms with Crippen molar-refractivity contribution in [2.24, 2.45) is 10.9 Å². The highest BCUT2D eigenvalue weighted by Gasteiger charge is 2.48. The van der Waals surface area contributed by atoms with Gasteiger partial charge in [0.05, 0.1) is 19.9 Å². The number of aliphatic hydroxyl groups excluding tert-OH is 1. The Labute approximate surface area is 223 Å². The fourth-order valence-electron chi connectivity index (χ4n) is 5.31. The minimum atomic E-state index is -1.08. The van der Waals surface area contributed by atoms with Gasteiger partial charge in [0.2, 0.25) is 5.91 Å². The zero-order chi connectivity index (χ0) is 27.0. The summed E-state index contributed by atoms with van der Waals surface area (Å²) in [5.41, 5.74) is 2.45. The standard InChI is InChI=1S/C27H31B2N5O4/c1-15(2)23(21-12-22(29-28)33-38-21)25(36)34-14-19(35)11-20(34)24-31-26(37)27(3,32-24)18-8-6-16(7-9-18)17-5-4-10-30-13-17/h4-10,12-13,15,19-20,23,29,35H,11,14,28H2,1-3H3,(H,31,32,37). The summed E-state index contributed by atoms with van der Waals surface area (Å²) >= 11 is 0. The fraction of sp³-hybridized carbons (Fsp3) is 0.370. The molecule has 194 valence electrons. The average Bonchev–Trinajstić information content (AvgIpc) is 3.62. The highest BCUT2D eigenvalue weighted by Crippen LogP contribution is 2.34. The van der Waals surface area contributed by atoms with Crippen molar-refractivity contribution in [2.45, 2.75) is 50.8 Å². The third-order valence-corrected chi connectivity index (χ3v) is 7.54. The zero-order valence-electron chi connectivity index (χ0n) is 22.1. The largest absolute Gasteiger partial charge is 0.391 e. The molecule has 4 atom stereocenters. The summed E-state index contributed by atoms with van der Waals surface area (Å²) in [6.07, 6.45) is 3.09. The molecule has 4 unspecified atom stereocenters. The molecule has 2 aromatic heterocycles. The highest BCUT2D eigenvalue weighted by molar-refractivity contribution is 6.97. The number of β-amino-alcohol motifs (C(OH)–C–C–N with tert-alkyl or cyclic N) is 1. The number of benzene rings is 1. The molecule has 5 rings (SSSR count). The normalized spacial score (nSPS) is 23.9. The molecular formula is C27H31B2N5O4. The SMILES string of the molecule is BBc1cc(C(C(=O)N2CC(O)CC2C2=NC(=O)C(C)(c3ccc(-c4cccnc4)cc3)N2)C(C)C)on1. The lowest BCUT2D eigenvalue weighted by molar-refractivity contribution is -0.134. The van der Waals surface area contributed by atoms with Gasteiger partial charge in [-0.1, -0.05) is 49.3 Å². The van der Waals surface area contributed by atoms with E-state index in [1.54, 1.807) is 24.2 Å². The van der Waals surface area contributed by atoms with E-state index in [1.165, 1.54) is 0 Å². The van der Waals surface area contributed by atoms with E-state index in [0.29, 0.717) is 25.2 Å². The summed E-state index contributed by atoms with van der Waals surface area (Å²) in [5, 5.41) is 17.9. The summed E-state index contributed by atoms with van der Waals surface area (Å²) in [4.78, 5) is 37.2. The van der Waals surface area contributed by atoms with Gasteiger partial charge >= 0.3 is 0 Å². The van der Waals surface area contributed by atoms with Gasteiger partial charge in [0.1, 0.15) is 30.2 Å². The predicted octanol–water partition coefficient (Wildman–Crippen LogP) is 0.492. The Balaban J connectivity index is 1.38. The van der Waals surface area contributed by atoms with E-state index < -0.39 is 23.6 Å². The first kappa shape index (κ1) is 25.9. The Morgan fingerprint density at radius 3 is 2.66 bits per heavy atom. The van der Waals surface area contributed by atoms with Gasteiger partial charge in [-0.3, -0.25) is 14.6 Å². The van der Waals surface area contributed by atoms with Gasteiger partial charge in [-0.2, -0.15) is 4.99 Å². The topological polar surface area (TPSA) is 121 Å². The van der Waals surface area contributed by atoms with Crippen LogP contribution in [-0.4, -0.2) is 71.4 Å². The Morgan fingerprint density at radius 1 is 1.26 bits per heavy atom. The van der Waals surface area contributed by atoms with Gasteiger partial charge in [0.15, 0.2) is 0 Å². The molecule has 2 N–H and O–H groups in total. The lowest BCUT2D eigenvalue weighted by Crippen LogP contribution is -2.51. The Bertz CT molecular complexity index is 1360. The molecule has 0 bridgehead atoms. The molecule has 0 radical (unpaired) electrons. The molecule has 1 saturated heterocycles. The number of carbonyl (C=O) groups is 2. The van der Waals surface area contributed by atoms with Crippen LogP contribution in [0.15, 0.2) is 64.4 Å². The van der Waals surface area contributed by atoms with E-state index in [4.69, 9.17) is 4.52 Å². The van der Waals surface area contributed by atoms with Gasteiger partial charge in [-0.15, -0.1) is 0 Å². The third kappa shape index (κ3) is 4.67. The first-order valence-corrected chi connectivity index (χ1v) is 13.1. The van der Waals surface area contributed by atoms with E-state index in [2.05, 4.69) is 20.4 Å². The molecule has 2 aliphatic rings. The highest BCUT2D eigenvalue weighted by atomic mass is 16.5. The van der Waals surface area contributed by atoms with Crippen LogP contribution >= 0.6 is 0 Å². The third-order valence-electron chi connectivity index (χ3n) is 7.54. The number of pyridine rings is 1. The van der Waals surface area contributed by atoms with Crippen LogP contribution in [0.25, 0.3) is 11.1 Å². The minimum Gasteiger partial charge on any atom is -0.391 e. The Kier molecular flexibility index (Phi) is 6.96. The quantitative estimate of drug-likeness (QED) is 0.443. The van der Waals surface area contributed by atoms with Gasteiger partial charge in [-0.25, -0.2) is 0 Å². The maximum absolute atomic E-state index is 13.8. The fourth-order valence-corrected chi connectivity index (χ4v) is 5.31. The number of likely N-dealkylation sites (tertiary alicyclic amines) is 1. The second-order valence-electron chi connectivity index (χ2n) is 10.6. The first-order valence-electron chi connectivity index (χ1n) is 13.1. The van der Waals surface area contributed by atoms with E-state index in [1.807, 2.05) is 64.0 Å². The van der Waals surface area contributed by atoms with Crippen molar-refractivity contribution in [3.05, 3.63) is 66.2 Å². The van der Waals surface area contributed by atoms with Crippen molar-refractivity contribution in [2.75, 3.05) is 6.54 Å². The smallest absolute Gasteiger partial charge is 0.277 e. The molecule has 1 fully saturated rings. The Hall–Kier alpha value is -3.72. The molecule has 11 heteroatoms. The van der Waals surface area contributed by atoms with Gasteiger partial charge < -0.3 is 19.8 Å². The number of aliphatic hydroxyl groups is 1. The van der Waals surface area contributed by atoms with Crippen LogP contribution in [0.3, 0.4) is 0 Å². The van der Waals surface area contributed by atoms with E-state index in [-0.39, 0.29) is 24.3 Å². The number of aliphatic imine (C=N–C) groups is 1. The molecule has 9 nitrogen and oxygen atoms in total. The summed E-state index contributed by atoms with van der Waals surface area (Å²) in [5.74, 6) is -0.210. The molecule has 38 heavy (non-hydrogen) atoms. The number of nitrogens with zero attached hydrogens (tertiary/aromatic N) is 4. The van der Waals surface area contributed by atoms with Crippen molar-refractivity contribution in [1.82, 2.24) is 20.4 Å². The van der Waals surface area contributed by atoms with E-state index in [0.717, 1.165) is 22.3 Å². The van der Waals surface area contributed by atoms with Crippen LogP contribution in [0.2, 0.25) is 0 Å². The number of hydrogen-bond donors (Lipinski definition) is 2. The maximum Gasteiger partial charge on any atom is 0.277 e. The van der Waals surface area contributed by atoms with Crippen LogP contribution in [0, 0.1) is 5.92 Å². The van der Waals surface area contributed by atoms with Crippen LogP contribution in [0.5, 0.6) is 0 Å². The summed E-state index contributed by atoms with van der Waals surface area (Å²) in [6, 6.07) is 12.9. The lowest BCUT2D eigenvalue weighted by atomic mass is 9.53. The molecular weight excluding hydrogens is 480 g/mol. The number of nitrogens with one attached hydrogen (secondary N) is 1.